The molecule has 21 heavy (non-hydrogen) atoms. The molecule has 0 unspecified atom stereocenters. The molecule has 1 aromatic rings. The molecule has 1 rings (SSSR count). The number of methoxy groups -OCH3 is 1. The van der Waals surface area contributed by atoms with Crippen molar-refractivity contribution >= 4 is 46.4 Å². The molecule has 0 aliphatic heterocycles. The fraction of sp³-hybridized carbons (Fsp3) is 0.333. The zero-order valence-electron chi connectivity index (χ0n) is 12.4. The third-order valence-corrected chi connectivity index (χ3v) is 3.18. The minimum atomic E-state index is -0.558. The first kappa shape index (κ1) is 17.5. The summed E-state index contributed by atoms with van der Waals surface area (Å²) in [7, 11) is 1.32. The molecule has 0 aliphatic carbocycles. The summed E-state index contributed by atoms with van der Waals surface area (Å²) >= 11 is 2.11. The largest absolute Gasteiger partial charge is 0.466 e. The smallest absolute Gasteiger partial charge is 0.412 e. The fourth-order valence-corrected chi connectivity index (χ4v) is 1.86. The van der Waals surface area contributed by atoms with E-state index in [9.17, 15) is 9.59 Å². The summed E-state index contributed by atoms with van der Waals surface area (Å²) in [6, 6.07) is 5.43. The SMILES string of the molecule is COC(=O)/C=C/c1ccc(I)c(NC(=O)OC(C)(C)C)c1. The molecule has 0 aromatic heterocycles. The van der Waals surface area contributed by atoms with Gasteiger partial charge in [-0.25, -0.2) is 9.59 Å². The van der Waals surface area contributed by atoms with Crippen LogP contribution in [0.15, 0.2) is 24.3 Å². The van der Waals surface area contributed by atoms with Crippen LogP contribution < -0.4 is 5.32 Å². The highest BCUT2D eigenvalue weighted by molar-refractivity contribution is 14.1. The third kappa shape index (κ3) is 6.61. The number of rotatable bonds is 3. The second-order valence-corrected chi connectivity index (χ2v) is 6.38. The zero-order valence-corrected chi connectivity index (χ0v) is 14.6. The van der Waals surface area contributed by atoms with Crippen LogP contribution >= 0.6 is 22.6 Å². The van der Waals surface area contributed by atoms with Crippen molar-refractivity contribution in [3.05, 3.63) is 33.4 Å². The predicted octanol–water partition coefficient (Wildman–Crippen LogP) is 3.82. The number of nitrogens with one attached hydrogen (secondary N) is 1. The topological polar surface area (TPSA) is 64.6 Å². The quantitative estimate of drug-likeness (QED) is 0.474. The van der Waals surface area contributed by atoms with Crippen molar-refractivity contribution in [3.8, 4) is 0 Å². The van der Waals surface area contributed by atoms with Crippen LogP contribution in [-0.4, -0.2) is 24.8 Å². The molecule has 0 radical (unpaired) electrons. The van der Waals surface area contributed by atoms with Gasteiger partial charge in [-0.05, 0) is 67.1 Å². The van der Waals surface area contributed by atoms with E-state index >= 15 is 0 Å². The maximum atomic E-state index is 11.8. The summed E-state index contributed by atoms with van der Waals surface area (Å²) in [4.78, 5) is 22.8. The van der Waals surface area contributed by atoms with Gasteiger partial charge in [-0.2, -0.15) is 0 Å². The Balaban J connectivity index is 2.85. The number of halogens is 1. The molecule has 1 N–H and O–H groups in total. The Hall–Kier alpha value is -1.57. The normalized spacial score (nSPS) is 11.3. The molecule has 6 heteroatoms. The van der Waals surface area contributed by atoms with Gasteiger partial charge in [-0.15, -0.1) is 0 Å². The number of esters is 1. The van der Waals surface area contributed by atoms with Gasteiger partial charge in [-0.1, -0.05) is 6.07 Å². The van der Waals surface area contributed by atoms with Crippen LogP contribution in [0, 0.1) is 3.57 Å². The number of benzene rings is 1. The molecule has 0 aliphatic rings. The number of amides is 1. The number of anilines is 1. The van der Waals surface area contributed by atoms with Crippen molar-refractivity contribution in [3.63, 3.8) is 0 Å². The second-order valence-electron chi connectivity index (χ2n) is 5.22. The molecule has 114 valence electrons. The van der Waals surface area contributed by atoms with Gasteiger partial charge in [0, 0.05) is 9.65 Å². The van der Waals surface area contributed by atoms with E-state index in [1.54, 1.807) is 32.9 Å². The Morgan fingerprint density at radius 1 is 1.29 bits per heavy atom. The first-order chi connectivity index (χ1) is 9.71. The van der Waals surface area contributed by atoms with Crippen molar-refractivity contribution in [2.75, 3.05) is 12.4 Å². The maximum Gasteiger partial charge on any atom is 0.412 e. The van der Waals surface area contributed by atoms with Gasteiger partial charge in [0.25, 0.3) is 0 Å². The molecule has 0 spiro atoms. The highest BCUT2D eigenvalue weighted by Crippen LogP contribution is 2.21. The molecule has 0 saturated heterocycles. The first-order valence-electron chi connectivity index (χ1n) is 6.27. The summed E-state index contributed by atoms with van der Waals surface area (Å²) < 4.78 is 10.6. The predicted molar refractivity (Wildman–Crippen MR) is 90.1 cm³/mol. The Kier molecular flexibility index (Phi) is 6.19. The van der Waals surface area contributed by atoms with E-state index < -0.39 is 17.7 Å². The third-order valence-electron chi connectivity index (χ3n) is 2.24. The monoisotopic (exact) mass is 403 g/mol. The van der Waals surface area contributed by atoms with Crippen LogP contribution in [0.1, 0.15) is 26.3 Å². The molecular formula is C15H18INO4. The minimum Gasteiger partial charge on any atom is -0.466 e. The van der Waals surface area contributed by atoms with E-state index in [0.717, 1.165) is 9.13 Å². The van der Waals surface area contributed by atoms with Crippen molar-refractivity contribution < 1.29 is 19.1 Å². The average molecular weight is 403 g/mol. The first-order valence-corrected chi connectivity index (χ1v) is 7.35. The van der Waals surface area contributed by atoms with Gasteiger partial charge < -0.3 is 9.47 Å². The van der Waals surface area contributed by atoms with Gasteiger partial charge in [0.15, 0.2) is 0 Å². The van der Waals surface area contributed by atoms with Gasteiger partial charge in [-0.3, -0.25) is 5.32 Å². The molecule has 0 heterocycles. The van der Waals surface area contributed by atoms with Crippen LogP contribution in [0.2, 0.25) is 0 Å². The maximum absolute atomic E-state index is 11.8. The molecular weight excluding hydrogens is 385 g/mol. The lowest BCUT2D eigenvalue weighted by Crippen LogP contribution is -2.27. The molecule has 5 nitrogen and oxygen atoms in total. The van der Waals surface area contributed by atoms with Crippen molar-refractivity contribution in [1.29, 1.82) is 0 Å². The Bertz CT molecular complexity index is 561. The molecule has 1 amide bonds. The van der Waals surface area contributed by atoms with Gasteiger partial charge in [0.1, 0.15) is 5.60 Å². The van der Waals surface area contributed by atoms with E-state index in [1.807, 2.05) is 12.1 Å². The van der Waals surface area contributed by atoms with E-state index in [4.69, 9.17) is 4.74 Å². The number of carbonyl (C=O) groups excluding carboxylic acids is 2. The van der Waals surface area contributed by atoms with E-state index in [1.165, 1.54) is 13.2 Å². The number of hydrogen-bond donors (Lipinski definition) is 1. The average Bonchev–Trinajstić information content (AvgIpc) is 2.37. The highest BCUT2D eigenvalue weighted by Gasteiger charge is 2.16. The highest BCUT2D eigenvalue weighted by atomic mass is 127. The van der Waals surface area contributed by atoms with Crippen molar-refractivity contribution in [2.24, 2.45) is 0 Å². The summed E-state index contributed by atoms with van der Waals surface area (Å²) in [6.45, 7) is 5.40. The Morgan fingerprint density at radius 3 is 2.52 bits per heavy atom. The van der Waals surface area contributed by atoms with Crippen LogP contribution in [-0.2, 0) is 14.3 Å². The lowest BCUT2D eigenvalue weighted by atomic mass is 10.2. The lowest BCUT2D eigenvalue weighted by molar-refractivity contribution is -0.134. The summed E-state index contributed by atoms with van der Waals surface area (Å²) in [5.74, 6) is -0.435. The summed E-state index contributed by atoms with van der Waals surface area (Å²) in [6.07, 6.45) is 2.41. The van der Waals surface area contributed by atoms with Crippen LogP contribution in [0.3, 0.4) is 0 Å². The van der Waals surface area contributed by atoms with Gasteiger partial charge in [0.05, 0.1) is 12.8 Å². The standard InChI is InChI=1S/C15H18INO4/c1-15(2,3)21-14(19)17-12-9-10(5-7-11(12)16)6-8-13(18)20-4/h5-9H,1-4H3,(H,17,19)/b8-6+. The molecule has 0 fully saturated rings. The Labute approximate surface area is 137 Å². The minimum absolute atomic E-state index is 0.435. The number of hydrogen-bond acceptors (Lipinski definition) is 4. The molecule has 0 atom stereocenters. The van der Waals surface area contributed by atoms with E-state index in [2.05, 4.69) is 32.6 Å². The molecule has 0 saturated carbocycles. The van der Waals surface area contributed by atoms with Gasteiger partial charge in [0.2, 0.25) is 0 Å². The van der Waals surface area contributed by atoms with Gasteiger partial charge >= 0.3 is 12.1 Å². The van der Waals surface area contributed by atoms with E-state index in [0.29, 0.717) is 5.69 Å². The van der Waals surface area contributed by atoms with E-state index in [-0.39, 0.29) is 0 Å². The summed E-state index contributed by atoms with van der Waals surface area (Å²) in [5.41, 5.74) is 0.835. The van der Waals surface area contributed by atoms with Crippen molar-refractivity contribution in [1.82, 2.24) is 0 Å². The van der Waals surface area contributed by atoms with Crippen LogP contribution in [0.4, 0.5) is 10.5 Å². The number of ether oxygens (including phenoxy) is 2. The number of carbonyl (C=O) groups is 2. The Morgan fingerprint density at radius 2 is 1.95 bits per heavy atom. The fourth-order valence-electron chi connectivity index (χ4n) is 1.39. The van der Waals surface area contributed by atoms with Crippen LogP contribution in [0.25, 0.3) is 6.08 Å². The molecule has 1 aromatic carbocycles. The van der Waals surface area contributed by atoms with Crippen molar-refractivity contribution in [2.45, 2.75) is 26.4 Å². The zero-order chi connectivity index (χ0) is 16.0. The second kappa shape index (κ2) is 7.44. The van der Waals surface area contributed by atoms with Crippen LogP contribution in [0.5, 0.6) is 0 Å². The summed E-state index contributed by atoms with van der Waals surface area (Å²) in [5, 5.41) is 2.69. The lowest BCUT2D eigenvalue weighted by Gasteiger charge is -2.20. The molecule has 0 bridgehead atoms.